The third kappa shape index (κ3) is 4.44. The predicted molar refractivity (Wildman–Crippen MR) is 86.8 cm³/mol. The molecule has 2 saturated carbocycles. The van der Waals surface area contributed by atoms with E-state index in [0.29, 0.717) is 18.1 Å². The quantitative estimate of drug-likeness (QED) is 0.875. The van der Waals surface area contributed by atoms with Crippen molar-refractivity contribution in [1.29, 1.82) is 0 Å². The number of fused-ring (bicyclic) bond motifs is 2. The highest BCUT2D eigenvalue weighted by molar-refractivity contribution is 5.73. The van der Waals surface area contributed by atoms with Crippen LogP contribution in [-0.4, -0.2) is 52.7 Å². The lowest BCUT2D eigenvalue weighted by molar-refractivity contribution is -0.192. The van der Waals surface area contributed by atoms with Gasteiger partial charge in [-0.05, 0) is 50.7 Å². The molecule has 1 N–H and O–H groups in total. The Morgan fingerprint density at radius 1 is 1.27 bits per heavy atom. The second-order valence-corrected chi connectivity index (χ2v) is 7.13. The van der Waals surface area contributed by atoms with Crippen LogP contribution in [0.1, 0.15) is 31.4 Å². The van der Waals surface area contributed by atoms with Crippen LogP contribution in [0.2, 0.25) is 0 Å². The van der Waals surface area contributed by atoms with Gasteiger partial charge in [-0.2, -0.15) is 18.3 Å². The van der Waals surface area contributed by atoms with Crippen LogP contribution < -0.4 is 4.90 Å². The average Bonchev–Trinajstić information content (AvgIpc) is 3.25. The fraction of sp³-hybridized carbons (Fsp3) is 0.706. The molecule has 1 aliphatic heterocycles. The Morgan fingerprint density at radius 3 is 2.50 bits per heavy atom. The molecular weight excluding hydrogens is 351 g/mol. The standard InChI is InChI=1S/C15H21N3O.C2HF3O2/c1-10-2-7-14(17-16-10)18-8-12-5-6-13(18)15(12)19-9-11-3-4-11;3-2(4,5)1(6)7/h2,7,11-13,15H,3-6,8-9H2,1H3;(H,6,7). The number of alkyl halides is 3. The molecule has 3 fully saturated rings. The third-order valence-corrected chi connectivity index (χ3v) is 5.05. The van der Waals surface area contributed by atoms with Crippen molar-refractivity contribution < 1.29 is 27.8 Å². The van der Waals surface area contributed by atoms with Crippen LogP contribution in [0.3, 0.4) is 0 Å². The Kier molecular flexibility index (Phi) is 5.36. The van der Waals surface area contributed by atoms with Crippen LogP contribution >= 0.6 is 0 Å². The molecule has 6 nitrogen and oxygen atoms in total. The lowest BCUT2D eigenvalue weighted by Gasteiger charge is -2.27. The highest BCUT2D eigenvalue weighted by Crippen LogP contribution is 2.42. The van der Waals surface area contributed by atoms with Gasteiger partial charge in [-0.15, -0.1) is 5.10 Å². The first-order chi connectivity index (χ1) is 12.3. The van der Waals surface area contributed by atoms with Crippen LogP contribution in [0.4, 0.5) is 19.0 Å². The van der Waals surface area contributed by atoms with Gasteiger partial charge >= 0.3 is 12.1 Å². The van der Waals surface area contributed by atoms with E-state index in [0.717, 1.165) is 30.6 Å². The summed E-state index contributed by atoms with van der Waals surface area (Å²) in [7, 11) is 0. The minimum absolute atomic E-state index is 0.434. The van der Waals surface area contributed by atoms with Gasteiger partial charge in [0.05, 0.1) is 17.8 Å². The fourth-order valence-corrected chi connectivity index (χ4v) is 3.53. The number of hydrogen-bond donors (Lipinski definition) is 1. The van der Waals surface area contributed by atoms with Crippen molar-refractivity contribution in [2.45, 2.75) is 50.9 Å². The monoisotopic (exact) mass is 373 g/mol. The number of anilines is 1. The number of piperidine rings is 1. The van der Waals surface area contributed by atoms with Gasteiger partial charge in [-0.1, -0.05) is 0 Å². The molecule has 1 aromatic heterocycles. The zero-order chi connectivity index (χ0) is 18.9. The maximum atomic E-state index is 10.6. The minimum atomic E-state index is -5.08. The number of carboxylic acid groups (broad SMARTS) is 1. The molecule has 1 saturated heterocycles. The summed E-state index contributed by atoms with van der Waals surface area (Å²) in [5, 5.41) is 15.7. The molecule has 0 aromatic carbocycles. The number of hydrogen-bond acceptors (Lipinski definition) is 5. The first kappa shape index (κ1) is 18.9. The van der Waals surface area contributed by atoms with Gasteiger partial charge < -0.3 is 14.7 Å². The van der Waals surface area contributed by atoms with Gasteiger partial charge in [0.1, 0.15) is 0 Å². The van der Waals surface area contributed by atoms with Crippen molar-refractivity contribution in [2.24, 2.45) is 11.8 Å². The summed E-state index contributed by atoms with van der Waals surface area (Å²) < 4.78 is 37.9. The topological polar surface area (TPSA) is 75.5 Å². The van der Waals surface area contributed by atoms with Crippen LogP contribution in [0.25, 0.3) is 0 Å². The molecule has 2 bridgehead atoms. The Labute approximate surface area is 149 Å². The van der Waals surface area contributed by atoms with E-state index in [1.54, 1.807) is 0 Å². The van der Waals surface area contributed by atoms with E-state index in [1.165, 1.54) is 25.7 Å². The second-order valence-electron chi connectivity index (χ2n) is 7.13. The van der Waals surface area contributed by atoms with Gasteiger partial charge in [0.2, 0.25) is 0 Å². The van der Waals surface area contributed by atoms with Crippen molar-refractivity contribution in [3.8, 4) is 0 Å². The van der Waals surface area contributed by atoms with E-state index >= 15 is 0 Å². The molecule has 2 heterocycles. The minimum Gasteiger partial charge on any atom is -0.475 e. The van der Waals surface area contributed by atoms with E-state index in [1.807, 2.05) is 13.0 Å². The molecule has 0 spiro atoms. The van der Waals surface area contributed by atoms with Crippen LogP contribution in [0.5, 0.6) is 0 Å². The number of rotatable bonds is 4. The van der Waals surface area contributed by atoms with E-state index in [-0.39, 0.29) is 0 Å². The normalized spacial score (nSPS) is 27.2. The summed E-state index contributed by atoms with van der Waals surface area (Å²) >= 11 is 0. The molecule has 0 radical (unpaired) electrons. The third-order valence-electron chi connectivity index (χ3n) is 5.05. The molecule has 3 atom stereocenters. The highest BCUT2D eigenvalue weighted by Gasteiger charge is 2.48. The van der Waals surface area contributed by atoms with Crippen LogP contribution in [-0.2, 0) is 9.53 Å². The Balaban J connectivity index is 0.000000242. The summed E-state index contributed by atoms with van der Waals surface area (Å²) in [5.41, 5.74) is 0.981. The molecule has 3 unspecified atom stereocenters. The van der Waals surface area contributed by atoms with Crippen LogP contribution in [0, 0.1) is 18.8 Å². The second kappa shape index (κ2) is 7.38. The maximum Gasteiger partial charge on any atom is 0.490 e. The zero-order valence-corrected chi connectivity index (χ0v) is 14.4. The molecule has 26 heavy (non-hydrogen) atoms. The van der Waals surface area contributed by atoms with Crippen molar-refractivity contribution in [1.82, 2.24) is 10.2 Å². The van der Waals surface area contributed by atoms with Gasteiger partial charge in [0, 0.05) is 19.1 Å². The van der Waals surface area contributed by atoms with Crippen molar-refractivity contribution in [3.05, 3.63) is 17.8 Å². The highest BCUT2D eigenvalue weighted by atomic mass is 19.4. The number of aliphatic carboxylic acids is 1. The summed E-state index contributed by atoms with van der Waals surface area (Å²) in [6.07, 6.45) is 0.652. The number of carbonyl (C=O) groups is 1. The molecule has 2 aliphatic carbocycles. The smallest absolute Gasteiger partial charge is 0.475 e. The van der Waals surface area contributed by atoms with Gasteiger partial charge in [-0.25, -0.2) is 4.79 Å². The molecule has 4 rings (SSSR count). The Bertz CT molecular complexity index is 634. The summed E-state index contributed by atoms with van der Waals surface area (Å²) in [4.78, 5) is 11.3. The Morgan fingerprint density at radius 2 is 1.96 bits per heavy atom. The van der Waals surface area contributed by atoms with Crippen molar-refractivity contribution in [3.63, 3.8) is 0 Å². The van der Waals surface area contributed by atoms with E-state index < -0.39 is 12.1 Å². The van der Waals surface area contributed by atoms with Crippen molar-refractivity contribution in [2.75, 3.05) is 18.1 Å². The van der Waals surface area contributed by atoms with E-state index in [4.69, 9.17) is 14.6 Å². The van der Waals surface area contributed by atoms with Gasteiger partial charge in [0.15, 0.2) is 5.82 Å². The summed E-state index contributed by atoms with van der Waals surface area (Å²) in [6.45, 7) is 4.05. The Hall–Kier alpha value is -1.90. The van der Waals surface area contributed by atoms with Gasteiger partial charge in [-0.3, -0.25) is 0 Å². The number of ether oxygens (including phenoxy) is 1. The first-order valence-electron chi connectivity index (χ1n) is 8.74. The predicted octanol–water partition coefficient (Wildman–Crippen LogP) is 2.81. The molecule has 3 aliphatic rings. The van der Waals surface area contributed by atoms with Gasteiger partial charge in [0.25, 0.3) is 0 Å². The number of nitrogens with zero attached hydrogens (tertiary/aromatic N) is 3. The van der Waals surface area contributed by atoms with E-state index in [9.17, 15) is 13.2 Å². The summed E-state index contributed by atoms with van der Waals surface area (Å²) in [5.74, 6) is -0.176. The number of aryl methyl sites for hydroxylation is 1. The molecular formula is C17H22F3N3O3. The zero-order valence-electron chi connectivity index (χ0n) is 14.4. The lowest BCUT2D eigenvalue weighted by atomic mass is 10.1. The van der Waals surface area contributed by atoms with E-state index in [2.05, 4.69) is 21.2 Å². The maximum absolute atomic E-state index is 10.6. The molecule has 144 valence electrons. The largest absolute Gasteiger partial charge is 0.490 e. The first-order valence-corrected chi connectivity index (χ1v) is 8.74. The molecule has 1 aromatic rings. The lowest BCUT2D eigenvalue weighted by Crippen LogP contribution is -2.36. The number of halogens is 3. The number of carboxylic acids is 1. The number of aromatic nitrogens is 2. The SMILES string of the molecule is Cc1ccc(N2CC3CCC2C3OCC2CC2)nn1.O=C(O)C(F)(F)F. The molecule has 9 heteroatoms. The van der Waals surface area contributed by atoms with Crippen molar-refractivity contribution >= 4 is 11.8 Å². The summed E-state index contributed by atoms with van der Waals surface area (Å²) in [6, 6.07) is 4.68. The fourth-order valence-electron chi connectivity index (χ4n) is 3.53. The van der Waals surface area contributed by atoms with Crippen LogP contribution in [0.15, 0.2) is 12.1 Å². The average molecular weight is 373 g/mol. The molecule has 0 amide bonds.